The van der Waals surface area contributed by atoms with Gasteiger partial charge in [0, 0.05) is 33.3 Å². The van der Waals surface area contributed by atoms with Crippen molar-refractivity contribution in [3.63, 3.8) is 0 Å². The topological polar surface area (TPSA) is 34.2 Å². The van der Waals surface area contributed by atoms with E-state index in [2.05, 4.69) is 204 Å². The van der Waals surface area contributed by atoms with Gasteiger partial charge in [0.05, 0.1) is 22.4 Å². The number of rotatable bonds is 6. The van der Waals surface area contributed by atoms with E-state index in [4.69, 9.17) is 9.40 Å². The number of benzene rings is 9. The summed E-state index contributed by atoms with van der Waals surface area (Å²) < 4.78 is 9.21. The van der Waals surface area contributed by atoms with Crippen LogP contribution in [0.5, 0.6) is 0 Å². The van der Waals surface area contributed by atoms with Crippen LogP contribution < -0.4 is 4.90 Å². The molecule has 4 nitrogen and oxygen atoms in total. The summed E-state index contributed by atoms with van der Waals surface area (Å²) in [6.07, 6.45) is 0. The van der Waals surface area contributed by atoms with E-state index in [1.807, 2.05) is 6.07 Å². The lowest BCUT2D eigenvalue weighted by Crippen LogP contribution is -2.11. The predicted molar refractivity (Wildman–Crippen MR) is 229 cm³/mol. The Balaban J connectivity index is 1.19. The van der Waals surface area contributed by atoms with Crippen LogP contribution in [0.3, 0.4) is 0 Å². The molecule has 0 unspecified atom stereocenters. The van der Waals surface area contributed by atoms with Gasteiger partial charge in [0.15, 0.2) is 5.58 Å². The van der Waals surface area contributed by atoms with Crippen LogP contribution in [-0.2, 0) is 0 Å². The van der Waals surface area contributed by atoms with Crippen LogP contribution in [-0.4, -0.2) is 9.55 Å². The molecule has 55 heavy (non-hydrogen) atoms. The molecule has 0 radical (unpaired) electrons. The summed E-state index contributed by atoms with van der Waals surface area (Å²) in [5.74, 6) is 0.595. The van der Waals surface area contributed by atoms with E-state index in [1.54, 1.807) is 0 Å². The molecule has 0 fully saturated rings. The molecule has 0 saturated carbocycles. The third kappa shape index (κ3) is 5.11. The van der Waals surface area contributed by atoms with E-state index in [1.165, 1.54) is 32.4 Å². The van der Waals surface area contributed by atoms with Crippen LogP contribution in [0.2, 0.25) is 0 Å². The van der Waals surface area contributed by atoms with Gasteiger partial charge in [-0.25, -0.2) is 4.98 Å². The second-order valence-corrected chi connectivity index (χ2v) is 14.0. The molecule has 258 valence electrons. The molecule has 0 atom stereocenters. The first-order valence-electron chi connectivity index (χ1n) is 18.6. The molecule has 0 spiro atoms. The maximum atomic E-state index is 6.82. The van der Waals surface area contributed by atoms with E-state index >= 15 is 0 Å². The minimum atomic E-state index is 0.595. The summed E-state index contributed by atoms with van der Waals surface area (Å²) in [6, 6.07) is 71.0. The molecule has 0 aliphatic heterocycles. The molecule has 9 aromatic carbocycles. The van der Waals surface area contributed by atoms with Crippen LogP contribution in [0.4, 0.5) is 17.1 Å². The van der Waals surface area contributed by atoms with Crippen molar-refractivity contribution in [3.05, 3.63) is 200 Å². The lowest BCUT2D eigenvalue weighted by molar-refractivity contribution is 0.620. The lowest BCUT2D eigenvalue weighted by atomic mass is 10.0. The zero-order valence-corrected chi connectivity index (χ0v) is 29.8. The normalized spacial score (nSPS) is 11.6. The Kier molecular flexibility index (Phi) is 7.14. The van der Waals surface area contributed by atoms with E-state index in [-0.39, 0.29) is 0 Å². The van der Waals surface area contributed by atoms with E-state index in [0.29, 0.717) is 5.89 Å². The SMILES string of the molecule is c1ccc(-c2ccccc2N(c2ccc3c(c2)c2c4ccccc4ccc2n3-c2ccccc2)c2cccc3nc(-c4ccc5ccccc5c4)oc23)cc1. The fourth-order valence-corrected chi connectivity index (χ4v) is 8.27. The summed E-state index contributed by atoms with van der Waals surface area (Å²) in [4.78, 5) is 7.41. The van der Waals surface area contributed by atoms with E-state index < -0.39 is 0 Å². The van der Waals surface area contributed by atoms with Gasteiger partial charge in [-0.3, -0.25) is 0 Å². The number of anilines is 3. The summed E-state index contributed by atoms with van der Waals surface area (Å²) in [5.41, 5.74) is 11.2. The molecule has 0 amide bonds. The van der Waals surface area contributed by atoms with Crippen LogP contribution >= 0.6 is 0 Å². The van der Waals surface area contributed by atoms with Crippen molar-refractivity contribution in [1.82, 2.24) is 9.55 Å². The van der Waals surface area contributed by atoms with Crippen LogP contribution in [0.1, 0.15) is 0 Å². The molecular weight excluding hydrogens is 671 g/mol. The third-order valence-electron chi connectivity index (χ3n) is 10.8. The molecule has 4 heteroatoms. The first-order chi connectivity index (χ1) is 27.3. The number of hydrogen-bond donors (Lipinski definition) is 0. The summed E-state index contributed by atoms with van der Waals surface area (Å²) >= 11 is 0. The van der Waals surface area contributed by atoms with Gasteiger partial charge >= 0.3 is 0 Å². The van der Waals surface area contributed by atoms with Gasteiger partial charge in [-0.1, -0.05) is 133 Å². The highest BCUT2D eigenvalue weighted by Crippen LogP contribution is 2.46. The van der Waals surface area contributed by atoms with Gasteiger partial charge in [-0.15, -0.1) is 0 Å². The van der Waals surface area contributed by atoms with E-state index in [9.17, 15) is 0 Å². The Hall–Kier alpha value is -7.43. The number of para-hydroxylation sites is 3. The first kappa shape index (κ1) is 31.1. The van der Waals surface area contributed by atoms with Crippen molar-refractivity contribution < 1.29 is 4.42 Å². The van der Waals surface area contributed by atoms with Crippen LogP contribution in [0.15, 0.2) is 205 Å². The highest BCUT2D eigenvalue weighted by atomic mass is 16.3. The van der Waals surface area contributed by atoms with Crippen molar-refractivity contribution in [2.45, 2.75) is 0 Å². The zero-order chi connectivity index (χ0) is 36.3. The largest absolute Gasteiger partial charge is 0.434 e. The summed E-state index contributed by atoms with van der Waals surface area (Å²) in [7, 11) is 0. The van der Waals surface area contributed by atoms with E-state index in [0.717, 1.165) is 61.4 Å². The predicted octanol–water partition coefficient (Wildman–Crippen LogP) is 14.0. The number of hydrogen-bond acceptors (Lipinski definition) is 3. The average Bonchev–Trinajstić information content (AvgIpc) is 3.85. The summed E-state index contributed by atoms with van der Waals surface area (Å²) in [6.45, 7) is 0. The highest BCUT2D eigenvalue weighted by molar-refractivity contribution is 6.22. The molecule has 0 aliphatic carbocycles. The van der Waals surface area contributed by atoms with Crippen molar-refractivity contribution >= 4 is 71.5 Å². The Morgan fingerprint density at radius 2 is 1.15 bits per heavy atom. The number of oxazole rings is 1. The molecule has 11 rings (SSSR count). The maximum absolute atomic E-state index is 6.82. The molecule has 0 aliphatic rings. The Morgan fingerprint density at radius 3 is 2.02 bits per heavy atom. The third-order valence-corrected chi connectivity index (χ3v) is 10.8. The minimum absolute atomic E-state index is 0.595. The highest BCUT2D eigenvalue weighted by Gasteiger charge is 2.24. The van der Waals surface area contributed by atoms with Gasteiger partial charge in [-0.05, 0) is 93.8 Å². The van der Waals surface area contributed by atoms with Crippen molar-refractivity contribution in [3.8, 4) is 28.3 Å². The van der Waals surface area contributed by atoms with Gasteiger partial charge < -0.3 is 13.9 Å². The van der Waals surface area contributed by atoms with Gasteiger partial charge in [-0.2, -0.15) is 0 Å². The molecular formula is C51H33N3O. The molecule has 2 aromatic heterocycles. The standard InChI is InChI=1S/C51H33N3O/c1-3-15-35(16-4-1)41-21-11-12-24-45(41)54(48-25-13-23-44-50(48)55-51(52-44)38-27-26-34-14-7-8-18-37(34)32-38)40-29-31-46-43(33-40)49-42-22-10-9-17-36(42)28-30-47(49)53(46)39-19-5-2-6-20-39/h1-33H. The monoisotopic (exact) mass is 703 g/mol. The molecule has 2 heterocycles. The average molecular weight is 704 g/mol. The molecule has 11 aromatic rings. The summed E-state index contributed by atoms with van der Waals surface area (Å²) in [5, 5.41) is 7.18. The Bertz CT molecular complexity index is 3210. The van der Waals surface area contributed by atoms with Crippen molar-refractivity contribution in [1.29, 1.82) is 0 Å². The van der Waals surface area contributed by atoms with Gasteiger partial charge in [0.2, 0.25) is 5.89 Å². The first-order valence-corrected chi connectivity index (χ1v) is 18.6. The minimum Gasteiger partial charge on any atom is -0.434 e. The Morgan fingerprint density at radius 1 is 0.455 bits per heavy atom. The second-order valence-electron chi connectivity index (χ2n) is 14.0. The van der Waals surface area contributed by atoms with Crippen LogP contribution in [0.25, 0.3) is 82.7 Å². The number of aromatic nitrogens is 2. The smallest absolute Gasteiger partial charge is 0.227 e. The molecule has 0 N–H and O–H groups in total. The maximum Gasteiger partial charge on any atom is 0.227 e. The number of fused-ring (bicyclic) bond motifs is 7. The van der Waals surface area contributed by atoms with Crippen LogP contribution in [0, 0.1) is 0 Å². The lowest BCUT2D eigenvalue weighted by Gasteiger charge is -2.28. The molecule has 0 bridgehead atoms. The fraction of sp³-hybridized carbons (Fsp3) is 0. The second kappa shape index (κ2) is 12.6. The van der Waals surface area contributed by atoms with Crippen molar-refractivity contribution in [2.75, 3.05) is 4.90 Å². The van der Waals surface area contributed by atoms with Gasteiger partial charge in [0.25, 0.3) is 0 Å². The Labute approximate surface area is 317 Å². The van der Waals surface area contributed by atoms with Gasteiger partial charge in [0.1, 0.15) is 5.52 Å². The molecule has 0 saturated heterocycles. The number of nitrogens with zero attached hydrogens (tertiary/aromatic N) is 3. The quantitative estimate of drug-likeness (QED) is 0.173. The fourth-order valence-electron chi connectivity index (χ4n) is 8.27. The van der Waals surface area contributed by atoms with Crippen molar-refractivity contribution in [2.24, 2.45) is 0 Å². The zero-order valence-electron chi connectivity index (χ0n) is 29.8.